The van der Waals surface area contributed by atoms with Crippen molar-refractivity contribution in [2.45, 2.75) is 0 Å². The van der Waals surface area contributed by atoms with Crippen molar-refractivity contribution in [3.8, 4) is 84.6 Å². The number of hydrogen-bond acceptors (Lipinski definition) is 3. The van der Waals surface area contributed by atoms with Gasteiger partial charge in [0.15, 0.2) is 11.6 Å². The van der Waals surface area contributed by atoms with Crippen LogP contribution in [0.15, 0.2) is 291 Å². The highest BCUT2D eigenvalue weighted by Gasteiger charge is 2.23. The van der Waals surface area contributed by atoms with Crippen LogP contribution in [0.5, 0.6) is 0 Å². The first-order chi connectivity index (χ1) is 40.1. The van der Waals surface area contributed by atoms with Crippen LogP contribution in [0, 0.1) is 0 Å². The first-order valence-electron chi connectivity index (χ1n) is 27.5. The van der Waals surface area contributed by atoms with E-state index in [-0.39, 0.29) is 0 Å². The average Bonchev–Trinajstić information content (AvgIpc) is 4.30. The van der Waals surface area contributed by atoms with Crippen LogP contribution in [0.25, 0.3) is 150 Å². The van der Waals surface area contributed by atoms with Crippen molar-refractivity contribution in [1.82, 2.24) is 28.7 Å². The van der Waals surface area contributed by atoms with Gasteiger partial charge in [0.05, 0.1) is 33.1 Å². The third-order valence-electron chi connectivity index (χ3n) is 16.1. The van der Waals surface area contributed by atoms with Gasteiger partial charge in [0.1, 0.15) is 0 Å². The molecule has 0 saturated heterocycles. The van der Waals surface area contributed by atoms with Crippen LogP contribution in [0.3, 0.4) is 0 Å². The first kappa shape index (κ1) is 46.2. The van der Waals surface area contributed by atoms with Gasteiger partial charge in [-0.1, -0.05) is 218 Å². The minimum atomic E-state index is 0.529. The van der Waals surface area contributed by atoms with Crippen LogP contribution in [0.4, 0.5) is 0 Å². The fourth-order valence-electron chi connectivity index (χ4n) is 12.2. The summed E-state index contributed by atoms with van der Waals surface area (Å²) in [6.45, 7) is 0. The van der Waals surface area contributed by atoms with Crippen molar-refractivity contribution < 1.29 is 0 Å². The van der Waals surface area contributed by atoms with Crippen molar-refractivity contribution in [1.29, 1.82) is 0 Å². The van der Waals surface area contributed by atoms with Crippen molar-refractivity contribution in [2.24, 2.45) is 0 Å². The number of benzene rings is 12. The molecule has 4 aromatic heterocycles. The third-order valence-corrected chi connectivity index (χ3v) is 16.1. The molecule has 12 aromatic carbocycles. The van der Waals surface area contributed by atoms with Gasteiger partial charge in [0, 0.05) is 54.8 Å². The van der Waals surface area contributed by atoms with Gasteiger partial charge in [-0.25, -0.2) is 4.98 Å². The third kappa shape index (κ3) is 7.83. The zero-order valence-corrected chi connectivity index (χ0v) is 43.9. The van der Waals surface area contributed by atoms with Crippen LogP contribution in [-0.2, 0) is 0 Å². The lowest BCUT2D eigenvalue weighted by Crippen LogP contribution is -2.07. The number of nitrogens with zero attached hydrogens (tertiary/aromatic N) is 6. The topological polar surface area (TPSA) is 53.5 Å². The number of hydrogen-bond donors (Lipinski definition) is 0. The molecule has 0 amide bonds. The van der Waals surface area contributed by atoms with E-state index in [0.717, 1.165) is 66.4 Å². The lowest BCUT2D eigenvalue weighted by atomic mass is 10.0. The number of rotatable bonds is 9. The molecule has 4 heterocycles. The van der Waals surface area contributed by atoms with E-state index in [2.05, 4.69) is 268 Å². The molecule has 6 heteroatoms. The van der Waals surface area contributed by atoms with E-state index < -0.39 is 0 Å². The van der Waals surface area contributed by atoms with E-state index in [4.69, 9.17) is 15.0 Å². The molecular formula is C75H48N6. The van der Waals surface area contributed by atoms with E-state index in [1.807, 2.05) is 36.4 Å². The Morgan fingerprint density at radius 2 is 0.469 bits per heavy atom. The van der Waals surface area contributed by atoms with Crippen LogP contribution >= 0.6 is 0 Å². The quantitative estimate of drug-likeness (QED) is 0.145. The molecule has 0 radical (unpaired) electrons. The summed E-state index contributed by atoms with van der Waals surface area (Å²) in [5.74, 6) is 1.72. The summed E-state index contributed by atoms with van der Waals surface area (Å²) in [4.78, 5) is 16.0. The smallest absolute Gasteiger partial charge is 0.238 e. The molecule has 0 saturated carbocycles. The van der Waals surface area contributed by atoms with E-state index in [1.165, 1.54) is 66.1 Å². The zero-order valence-electron chi connectivity index (χ0n) is 43.9. The van der Waals surface area contributed by atoms with E-state index in [0.29, 0.717) is 17.6 Å². The summed E-state index contributed by atoms with van der Waals surface area (Å²) < 4.78 is 7.11. The van der Waals surface area contributed by atoms with Crippen molar-refractivity contribution >= 4 is 65.4 Å². The highest BCUT2D eigenvalue weighted by molar-refractivity contribution is 6.15. The summed E-state index contributed by atoms with van der Waals surface area (Å²) in [6, 6.07) is 104. The van der Waals surface area contributed by atoms with Crippen LogP contribution in [-0.4, -0.2) is 28.7 Å². The molecule has 81 heavy (non-hydrogen) atoms. The number of fused-ring (bicyclic) bond motifs is 9. The van der Waals surface area contributed by atoms with Gasteiger partial charge in [0.25, 0.3) is 0 Å². The molecule has 0 unspecified atom stereocenters. The fourth-order valence-corrected chi connectivity index (χ4v) is 12.2. The lowest BCUT2D eigenvalue weighted by molar-refractivity contribution is 0.952. The fraction of sp³-hybridized carbons (Fsp3) is 0. The normalized spacial score (nSPS) is 11.7. The van der Waals surface area contributed by atoms with Crippen LogP contribution < -0.4 is 0 Å². The highest BCUT2D eigenvalue weighted by Crippen LogP contribution is 2.42. The highest BCUT2D eigenvalue weighted by atomic mass is 15.2. The van der Waals surface area contributed by atoms with Gasteiger partial charge in [-0.3, -0.25) is 4.57 Å². The zero-order chi connectivity index (χ0) is 53.4. The molecule has 378 valence electrons. The Kier molecular flexibility index (Phi) is 10.8. The standard InChI is InChI=1S/C75H48N6/c1-7-19-49(20-8-1)55-31-39-67-63(43-55)64-44-56(50-21-9-2-10-22-50)32-40-68(64)79(67)59-35-37-61-62-38-36-60(48-72(62)81(71(61)47-59)75-77-73(53-27-15-5-16-28-53)76-74(78-75)54-29-17-6-18-30-54)80-69-41-33-57(51-23-11-3-12-24-51)45-65(69)66-46-58(34-42-70(66)80)52-25-13-4-14-26-52/h1-48H. The second-order valence-electron chi connectivity index (χ2n) is 20.8. The molecule has 0 bridgehead atoms. The minimum Gasteiger partial charge on any atom is -0.309 e. The molecule has 0 spiro atoms. The molecule has 0 aliphatic carbocycles. The summed E-state index contributed by atoms with van der Waals surface area (Å²) in [5.41, 5.74) is 19.7. The second kappa shape index (κ2) is 18.9. The van der Waals surface area contributed by atoms with Gasteiger partial charge < -0.3 is 9.13 Å². The van der Waals surface area contributed by atoms with Crippen LogP contribution in [0.1, 0.15) is 0 Å². The Labute approximate surface area is 467 Å². The predicted molar refractivity (Wildman–Crippen MR) is 335 cm³/mol. The molecule has 0 N–H and O–H groups in total. The summed E-state index contributed by atoms with van der Waals surface area (Å²) in [5, 5.41) is 6.91. The summed E-state index contributed by atoms with van der Waals surface area (Å²) in [7, 11) is 0. The SMILES string of the molecule is c1ccc(-c2ccc3c(c2)c2cc(-c4ccccc4)ccc2n3-c2ccc3c4ccc(-n5c6ccc(-c7ccccc7)cc6c6cc(-c7ccccc7)ccc65)cc4n(-c4nc(-c5ccccc5)nc(-c5ccccc5)n4)c3c2)cc1. The summed E-state index contributed by atoms with van der Waals surface area (Å²) in [6.07, 6.45) is 0. The molecule has 16 aromatic rings. The lowest BCUT2D eigenvalue weighted by Gasteiger charge is -2.13. The molecule has 0 aliphatic rings. The number of aromatic nitrogens is 6. The second-order valence-corrected chi connectivity index (χ2v) is 20.8. The molecular weight excluding hydrogens is 985 g/mol. The maximum absolute atomic E-state index is 5.44. The molecule has 0 fully saturated rings. The molecule has 0 atom stereocenters. The van der Waals surface area contributed by atoms with Crippen LogP contribution in [0.2, 0.25) is 0 Å². The van der Waals surface area contributed by atoms with Gasteiger partial charge in [-0.05, 0) is 117 Å². The van der Waals surface area contributed by atoms with Gasteiger partial charge in [-0.15, -0.1) is 0 Å². The molecule has 6 nitrogen and oxygen atoms in total. The Hall–Kier alpha value is -11.0. The largest absolute Gasteiger partial charge is 0.309 e. The summed E-state index contributed by atoms with van der Waals surface area (Å²) >= 11 is 0. The van der Waals surface area contributed by atoms with Gasteiger partial charge in [0.2, 0.25) is 5.95 Å². The van der Waals surface area contributed by atoms with Crippen molar-refractivity contribution in [3.63, 3.8) is 0 Å². The maximum atomic E-state index is 5.44. The minimum absolute atomic E-state index is 0.529. The van der Waals surface area contributed by atoms with Gasteiger partial charge >= 0.3 is 0 Å². The Morgan fingerprint density at radius 1 is 0.185 bits per heavy atom. The monoisotopic (exact) mass is 1030 g/mol. The Morgan fingerprint density at radius 3 is 0.765 bits per heavy atom. The van der Waals surface area contributed by atoms with Gasteiger partial charge in [-0.2, -0.15) is 9.97 Å². The Balaban J connectivity index is 0.969. The Bertz CT molecular complexity index is 4560. The maximum Gasteiger partial charge on any atom is 0.238 e. The van der Waals surface area contributed by atoms with Crippen molar-refractivity contribution in [3.05, 3.63) is 291 Å². The average molecular weight is 1030 g/mol. The first-order valence-corrected chi connectivity index (χ1v) is 27.5. The molecule has 16 rings (SSSR count). The molecule has 0 aliphatic heterocycles. The van der Waals surface area contributed by atoms with Crippen molar-refractivity contribution in [2.75, 3.05) is 0 Å². The van der Waals surface area contributed by atoms with E-state index in [9.17, 15) is 0 Å². The van der Waals surface area contributed by atoms with E-state index in [1.54, 1.807) is 0 Å². The van der Waals surface area contributed by atoms with E-state index >= 15 is 0 Å². The predicted octanol–water partition coefficient (Wildman–Crippen LogP) is 19.2.